The summed E-state index contributed by atoms with van der Waals surface area (Å²) >= 11 is 0. The highest BCUT2D eigenvalue weighted by molar-refractivity contribution is 5.48. The zero-order chi connectivity index (χ0) is 14.4. The molecule has 2 aromatic rings. The number of hydrogen-bond acceptors (Lipinski definition) is 2. The molecule has 2 heteroatoms. The molecule has 0 aromatic heterocycles. The van der Waals surface area contributed by atoms with E-state index in [1.165, 1.54) is 0 Å². The van der Waals surface area contributed by atoms with Crippen molar-refractivity contribution in [2.24, 2.45) is 0 Å². The molecule has 2 rings (SSSR count). The van der Waals surface area contributed by atoms with Gasteiger partial charge in [-0.2, -0.15) is 0 Å². The summed E-state index contributed by atoms with van der Waals surface area (Å²) in [5.41, 5.74) is 3.09. The van der Waals surface area contributed by atoms with Gasteiger partial charge in [-0.1, -0.05) is 48.5 Å². The second-order valence-corrected chi connectivity index (χ2v) is 4.84. The molecule has 0 spiro atoms. The van der Waals surface area contributed by atoms with Crippen LogP contribution in [0, 0.1) is 6.92 Å². The molecule has 0 fully saturated rings. The highest BCUT2D eigenvalue weighted by Crippen LogP contribution is 2.26. The molecule has 0 radical (unpaired) electrons. The van der Waals surface area contributed by atoms with Crippen LogP contribution < -0.4 is 4.74 Å². The average Bonchev–Trinajstić information content (AvgIpc) is 2.44. The van der Waals surface area contributed by atoms with Crippen molar-refractivity contribution in [3.63, 3.8) is 0 Å². The van der Waals surface area contributed by atoms with Crippen molar-refractivity contribution in [2.75, 3.05) is 6.61 Å². The van der Waals surface area contributed by atoms with Crippen LogP contribution in [0.25, 0.3) is 6.08 Å². The van der Waals surface area contributed by atoms with Crippen LogP contribution in [-0.2, 0) is 0 Å². The largest absolute Gasteiger partial charge is 0.489 e. The minimum atomic E-state index is -0.524. The van der Waals surface area contributed by atoms with Crippen molar-refractivity contribution in [1.29, 1.82) is 0 Å². The zero-order valence-corrected chi connectivity index (χ0v) is 11.9. The van der Waals surface area contributed by atoms with Crippen molar-refractivity contribution in [2.45, 2.75) is 20.0 Å². The molecule has 0 saturated carbocycles. The summed E-state index contributed by atoms with van der Waals surface area (Å²) in [6.07, 6.45) is 3.48. The second-order valence-electron chi connectivity index (χ2n) is 4.84. The molecule has 0 heterocycles. The molecule has 0 unspecified atom stereocenters. The Labute approximate surface area is 120 Å². The molecule has 0 amide bonds. The summed E-state index contributed by atoms with van der Waals surface area (Å²) in [5, 5.41) is 9.73. The van der Waals surface area contributed by atoms with E-state index in [9.17, 15) is 5.11 Å². The van der Waals surface area contributed by atoms with Crippen molar-refractivity contribution in [3.8, 4) is 5.75 Å². The monoisotopic (exact) mass is 268 g/mol. The quantitative estimate of drug-likeness (QED) is 0.883. The fourth-order valence-corrected chi connectivity index (χ4v) is 2.00. The maximum absolute atomic E-state index is 9.73. The molecule has 20 heavy (non-hydrogen) atoms. The van der Waals surface area contributed by atoms with Crippen LogP contribution in [0.1, 0.15) is 29.7 Å². The normalized spacial score (nSPS) is 12.6. The maximum Gasteiger partial charge on any atom is 0.125 e. The van der Waals surface area contributed by atoms with Gasteiger partial charge in [0.1, 0.15) is 12.4 Å². The van der Waals surface area contributed by atoms with Gasteiger partial charge in [-0.05, 0) is 37.1 Å². The lowest BCUT2D eigenvalue weighted by atomic mass is 10.1. The SMILES string of the molecule is Cc1ccc([C@@H](C)O)c(OCC=Cc2ccccc2)c1. The smallest absolute Gasteiger partial charge is 0.125 e. The van der Waals surface area contributed by atoms with E-state index < -0.39 is 6.10 Å². The molecular weight excluding hydrogens is 248 g/mol. The predicted octanol–water partition coefficient (Wildman–Crippen LogP) is 4.14. The van der Waals surface area contributed by atoms with E-state index in [1.807, 2.05) is 67.6 Å². The Balaban J connectivity index is 2.00. The van der Waals surface area contributed by atoms with Gasteiger partial charge >= 0.3 is 0 Å². The summed E-state index contributed by atoms with van der Waals surface area (Å²) in [7, 11) is 0. The Hall–Kier alpha value is -2.06. The summed E-state index contributed by atoms with van der Waals surface area (Å²) in [5.74, 6) is 0.748. The van der Waals surface area contributed by atoms with Crippen LogP contribution in [0.3, 0.4) is 0 Å². The van der Waals surface area contributed by atoms with Gasteiger partial charge in [-0.25, -0.2) is 0 Å². The molecule has 104 valence electrons. The maximum atomic E-state index is 9.73. The number of aliphatic hydroxyl groups excluding tert-OH is 1. The van der Waals surface area contributed by atoms with Crippen LogP contribution in [0.4, 0.5) is 0 Å². The lowest BCUT2D eigenvalue weighted by molar-refractivity contribution is 0.193. The van der Waals surface area contributed by atoms with Gasteiger partial charge in [-0.15, -0.1) is 0 Å². The minimum absolute atomic E-state index is 0.484. The zero-order valence-electron chi connectivity index (χ0n) is 11.9. The van der Waals surface area contributed by atoms with Crippen molar-refractivity contribution in [1.82, 2.24) is 0 Å². The van der Waals surface area contributed by atoms with Gasteiger partial charge < -0.3 is 9.84 Å². The van der Waals surface area contributed by atoms with Gasteiger partial charge in [0.2, 0.25) is 0 Å². The van der Waals surface area contributed by atoms with Crippen LogP contribution in [0.2, 0.25) is 0 Å². The summed E-state index contributed by atoms with van der Waals surface area (Å²) in [4.78, 5) is 0. The minimum Gasteiger partial charge on any atom is -0.489 e. The predicted molar refractivity (Wildman–Crippen MR) is 82.8 cm³/mol. The molecule has 1 atom stereocenters. The lowest BCUT2D eigenvalue weighted by Gasteiger charge is -2.13. The van der Waals surface area contributed by atoms with E-state index in [4.69, 9.17) is 4.74 Å². The molecule has 1 N–H and O–H groups in total. The van der Waals surface area contributed by atoms with Crippen molar-refractivity contribution in [3.05, 3.63) is 71.3 Å². The third-order valence-corrected chi connectivity index (χ3v) is 3.06. The molecule has 0 bridgehead atoms. The van der Waals surface area contributed by atoms with Crippen molar-refractivity contribution >= 4 is 6.08 Å². The number of hydrogen-bond donors (Lipinski definition) is 1. The van der Waals surface area contributed by atoms with Gasteiger partial charge in [0.15, 0.2) is 0 Å². The molecule has 2 nitrogen and oxygen atoms in total. The number of rotatable bonds is 5. The summed E-state index contributed by atoms with van der Waals surface area (Å²) in [6.45, 7) is 4.24. The highest BCUT2D eigenvalue weighted by Gasteiger charge is 2.08. The van der Waals surface area contributed by atoms with E-state index in [0.717, 1.165) is 22.4 Å². The number of ether oxygens (including phenoxy) is 1. The molecular formula is C18H20O2. The van der Waals surface area contributed by atoms with Crippen LogP contribution >= 0.6 is 0 Å². The Bertz CT molecular complexity index is 571. The summed E-state index contributed by atoms with van der Waals surface area (Å²) < 4.78 is 5.75. The first-order chi connectivity index (χ1) is 9.66. The molecule has 0 saturated heterocycles. The van der Waals surface area contributed by atoms with Gasteiger partial charge in [0.25, 0.3) is 0 Å². The lowest BCUT2D eigenvalue weighted by Crippen LogP contribution is -2.00. The Morgan fingerprint density at radius 2 is 1.90 bits per heavy atom. The first kappa shape index (κ1) is 14.4. The van der Waals surface area contributed by atoms with Gasteiger partial charge in [0, 0.05) is 5.56 Å². The molecule has 0 aliphatic heterocycles. The standard InChI is InChI=1S/C18H20O2/c1-14-10-11-17(15(2)19)18(13-14)20-12-6-9-16-7-4-3-5-8-16/h3-11,13,15,19H,12H2,1-2H3/t15-/m1/s1. The Kier molecular flexibility index (Phi) is 4.97. The molecule has 0 aliphatic carbocycles. The number of aryl methyl sites for hydroxylation is 1. The molecule has 0 aliphatic rings. The van der Waals surface area contributed by atoms with Crippen LogP contribution in [0.5, 0.6) is 5.75 Å². The summed E-state index contributed by atoms with van der Waals surface area (Å²) in [6, 6.07) is 16.0. The first-order valence-electron chi connectivity index (χ1n) is 6.80. The number of benzene rings is 2. The first-order valence-corrected chi connectivity index (χ1v) is 6.80. The third-order valence-electron chi connectivity index (χ3n) is 3.06. The van der Waals surface area contributed by atoms with Gasteiger partial charge in [0.05, 0.1) is 6.10 Å². The average molecular weight is 268 g/mol. The molecule has 2 aromatic carbocycles. The second kappa shape index (κ2) is 6.92. The van der Waals surface area contributed by atoms with E-state index in [2.05, 4.69) is 0 Å². The number of aliphatic hydroxyl groups is 1. The third kappa shape index (κ3) is 3.97. The fraction of sp³-hybridized carbons (Fsp3) is 0.222. The van der Waals surface area contributed by atoms with Crippen LogP contribution in [0.15, 0.2) is 54.6 Å². The highest BCUT2D eigenvalue weighted by atomic mass is 16.5. The Morgan fingerprint density at radius 1 is 1.15 bits per heavy atom. The van der Waals surface area contributed by atoms with Crippen LogP contribution in [-0.4, -0.2) is 11.7 Å². The van der Waals surface area contributed by atoms with E-state index in [1.54, 1.807) is 6.92 Å². The fourth-order valence-electron chi connectivity index (χ4n) is 2.00. The topological polar surface area (TPSA) is 29.5 Å². The Morgan fingerprint density at radius 3 is 2.60 bits per heavy atom. The van der Waals surface area contributed by atoms with Crippen molar-refractivity contribution < 1.29 is 9.84 Å². The van der Waals surface area contributed by atoms with E-state index in [-0.39, 0.29) is 0 Å². The van der Waals surface area contributed by atoms with E-state index >= 15 is 0 Å². The van der Waals surface area contributed by atoms with E-state index in [0.29, 0.717) is 6.61 Å². The van der Waals surface area contributed by atoms with Gasteiger partial charge in [-0.3, -0.25) is 0 Å².